The molecule has 4 heteroatoms. The standard InChI is InChI=1S/C18H19IO3/c1-4-12(2)13-5-8-15(9-6-13)22-18(20)14-7-10-17(21-3)16(19)11-14/h5-12H,4H2,1-3H3. The Morgan fingerprint density at radius 1 is 1.18 bits per heavy atom. The zero-order chi connectivity index (χ0) is 16.1. The van der Waals surface area contributed by atoms with E-state index in [1.54, 1.807) is 25.3 Å². The van der Waals surface area contributed by atoms with Gasteiger partial charge in [-0.15, -0.1) is 0 Å². The fourth-order valence-electron chi connectivity index (χ4n) is 2.06. The molecular formula is C18H19IO3. The maximum Gasteiger partial charge on any atom is 0.343 e. The highest BCUT2D eigenvalue weighted by Crippen LogP contribution is 2.24. The summed E-state index contributed by atoms with van der Waals surface area (Å²) < 4.78 is 11.5. The third kappa shape index (κ3) is 4.00. The molecule has 0 aliphatic rings. The summed E-state index contributed by atoms with van der Waals surface area (Å²) in [5.41, 5.74) is 1.76. The molecule has 3 nitrogen and oxygen atoms in total. The van der Waals surface area contributed by atoms with E-state index in [2.05, 4.69) is 36.4 Å². The van der Waals surface area contributed by atoms with Gasteiger partial charge in [-0.05, 0) is 70.8 Å². The molecule has 2 rings (SSSR count). The quantitative estimate of drug-likeness (QED) is 0.394. The number of hydrogen-bond acceptors (Lipinski definition) is 3. The van der Waals surface area contributed by atoms with Gasteiger partial charge in [-0.2, -0.15) is 0 Å². The van der Waals surface area contributed by atoms with E-state index in [1.165, 1.54) is 5.56 Å². The van der Waals surface area contributed by atoms with Gasteiger partial charge in [-0.1, -0.05) is 26.0 Å². The van der Waals surface area contributed by atoms with Crippen molar-refractivity contribution in [1.29, 1.82) is 0 Å². The molecule has 0 aliphatic carbocycles. The van der Waals surface area contributed by atoms with Gasteiger partial charge in [0.15, 0.2) is 0 Å². The van der Waals surface area contributed by atoms with Gasteiger partial charge in [-0.25, -0.2) is 4.79 Å². The molecule has 0 fully saturated rings. The topological polar surface area (TPSA) is 35.5 Å². The van der Waals surface area contributed by atoms with Gasteiger partial charge in [0.2, 0.25) is 0 Å². The van der Waals surface area contributed by atoms with Crippen molar-refractivity contribution < 1.29 is 14.3 Å². The van der Waals surface area contributed by atoms with Crippen LogP contribution in [0.15, 0.2) is 42.5 Å². The normalized spacial score (nSPS) is 11.8. The van der Waals surface area contributed by atoms with Crippen LogP contribution < -0.4 is 9.47 Å². The lowest BCUT2D eigenvalue weighted by Crippen LogP contribution is -2.09. The lowest BCUT2D eigenvalue weighted by Gasteiger charge is -2.10. The number of carbonyl (C=O) groups excluding carboxylic acids is 1. The maximum absolute atomic E-state index is 12.2. The molecule has 116 valence electrons. The average Bonchev–Trinajstić information content (AvgIpc) is 2.54. The number of rotatable bonds is 5. The fraction of sp³-hybridized carbons (Fsp3) is 0.278. The lowest BCUT2D eigenvalue weighted by molar-refractivity contribution is 0.0734. The summed E-state index contributed by atoms with van der Waals surface area (Å²) >= 11 is 2.13. The Hall–Kier alpha value is -1.56. The smallest absolute Gasteiger partial charge is 0.343 e. The van der Waals surface area contributed by atoms with E-state index in [-0.39, 0.29) is 5.97 Å². The van der Waals surface area contributed by atoms with Crippen LogP contribution in [0.3, 0.4) is 0 Å². The maximum atomic E-state index is 12.2. The monoisotopic (exact) mass is 410 g/mol. The van der Waals surface area contributed by atoms with Crippen molar-refractivity contribution >= 4 is 28.6 Å². The summed E-state index contributed by atoms with van der Waals surface area (Å²) in [5.74, 6) is 1.45. The molecule has 0 aromatic heterocycles. The summed E-state index contributed by atoms with van der Waals surface area (Å²) in [6.45, 7) is 4.34. The van der Waals surface area contributed by atoms with Crippen LogP contribution in [0.2, 0.25) is 0 Å². The Morgan fingerprint density at radius 2 is 1.86 bits per heavy atom. The molecule has 0 bridgehead atoms. The second kappa shape index (κ2) is 7.63. The van der Waals surface area contributed by atoms with Crippen LogP contribution >= 0.6 is 22.6 Å². The number of methoxy groups -OCH3 is 1. The van der Waals surface area contributed by atoms with Crippen LogP contribution in [0.5, 0.6) is 11.5 Å². The molecule has 1 atom stereocenters. The molecule has 0 heterocycles. The first-order valence-corrected chi connectivity index (χ1v) is 8.28. The van der Waals surface area contributed by atoms with Crippen molar-refractivity contribution in [3.8, 4) is 11.5 Å². The highest BCUT2D eigenvalue weighted by Gasteiger charge is 2.11. The zero-order valence-electron chi connectivity index (χ0n) is 12.9. The predicted octanol–water partition coefficient (Wildman–Crippen LogP) is 5.03. The molecular weight excluding hydrogens is 391 g/mol. The Bertz CT molecular complexity index is 650. The minimum Gasteiger partial charge on any atom is -0.496 e. The number of ether oxygens (including phenoxy) is 2. The second-order valence-corrected chi connectivity index (χ2v) is 6.28. The van der Waals surface area contributed by atoms with E-state index in [0.717, 1.165) is 15.7 Å². The minimum atomic E-state index is -0.364. The van der Waals surface area contributed by atoms with Crippen molar-refractivity contribution in [1.82, 2.24) is 0 Å². The van der Waals surface area contributed by atoms with E-state index in [1.807, 2.05) is 24.3 Å². The number of benzene rings is 2. The first-order valence-electron chi connectivity index (χ1n) is 7.20. The summed E-state index contributed by atoms with van der Waals surface area (Å²) in [6.07, 6.45) is 1.09. The van der Waals surface area contributed by atoms with Gasteiger partial charge in [-0.3, -0.25) is 0 Å². The largest absolute Gasteiger partial charge is 0.496 e. The van der Waals surface area contributed by atoms with E-state index >= 15 is 0 Å². The van der Waals surface area contributed by atoms with Crippen molar-refractivity contribution in [2.75, 3.05) is 7.11 Å². The molecule has 0 saturated heterocycles. The molecule has 22 heavy (non-hydrogen) atoms. The van der Waals surface area contributed by atoms with E-state index in [0.29, 0.717) is 17.2 Å². The third-order valence-corrected chi connectivity index (χ3v) is 4.50. The van der Waals surface area contributed by atoms with E-state index in [4.69, 9.17) is 9.47 Å². The number of halogens is 1. The van der Waals surface area contributed by atoms with Gasteiger partial charge in [0.25, 0.3) is 0 Å². The van der Waals surface area contributed by atoms with Crippen LogP contribution in [0.4, 0.5) is 0 Å². The molecule has 2 aromatic rings. The number of esters is 1. The Balaban J connectivity index is 2.10. The zero-order valence-corrected chi connectivity index (χ0v) is 15.1. The fourth-order valence-corrected chi connectivity index (χ4v) is 2.79. The molecule has 0 amide bonds. The van der Waals surface area contributed by atoms with Gasteiger partial charge < -0.3 is 9.47 Å². The van der Waals surface area contributed by atoms with Crippen LogP contribution in [0, 0.1) is 3.57 Å². The molecule has 2 aromatic carbocycles. The van der Waals surface area contributed by atoms with E-state index < -0.39 is 0 Å². The predicted molar refractivity (Wildman–Crippen MR) is 95.8 cm³/mol. The van der Waals surface area contributed by atoms with Crippen molar-refractivity contribution in [2.24, 2.45) is 0 Å². The van der Waals surface area contributed by atoms with Gasteiger partial charge in [0.1, 0.15) is 11.5 Å². The second-order valence-electron chi connectivity index (χ2n) is 5.12. The highest BCUT2D eigenvalue weighted by atomic mass is 127. The van der Waals surface area contributed by atoms with Gasteiger partial charge >= 0.3 is 5.97 Å². The molecule has 0 spiro atoms. The average molecular weight is 410 g/mol. The van der Waals surface area contributed by atoms with Gasteiger partial charge in [0.05, 0.1) is 16.2 Å². The number of carbonyl (C=O) groups is 1. The number of hydrogen-bond donors (Lipinski definition) is 0. The van der Waals surface area contributed by atoms with Crippen LogP contribution in [-0.2, 0) is 0 Å². The first-order chi connectivity index (χ1) is 10.5. The Morgan fingerprint density at radius 3 is 2.41 bits per heavy atom. The SMILES string of the molecule is CCC(C)c1ccc(OC(=O)c2ccc(OC)c(I)c2)cc1. The lowest BCUT2D eigenvalue weighted by atomic mass is 9.99. The summed E-state index contributed by atoms with van der Waals surface area (Å²) in [6, 6.07) is 12.9. The van der Waals surface area contributed by atoms with Crippen LogP contribution in [0.25, 0.3) is 0 Å². The Labute approximate surface area is 144 Å². The Kier molecular flexibility index (Phi) is 5.83. The molecule has 0 aliphatic heterocycles. The molecule has 0 N–H and O–H groups in total. The van der Waals surface area contributed by atoms with Gasteiger partial charge in [0, 0.05) is 0 Å². The van der Waals surface area contributed by atoms with Crippen molar-refractivity contribution in [3.05, 3.63) is 57.2 Å². The van der Waals surface area contributed by atoms with E-state index in [9.17, 15) is 4.79 Å². The van der Waals surface area contributed by atoms with Crippen molar-refractivity contribution in [3.63, 3.8) is 0 Å². The molecule has 0 saturated carbocycles. The first kappa shape index (κ1) is 16.8. The molecule has 1 unspecified atom stereocenters. The molecule has 0 radical (unpaired) electrons. The van der Waals surface area contributed by atoms with Crippen LogP contribution in [0.1, 0.15) is 42.1 Å². The minimum absolute atomic E-state index is 0.364. The summed E-state index contributed by atoms with van der Waals surface area (Å²) in [4.78, 5) is 12.2. The third-order valence-electron chi connectivity index (χ3n) is 3.66. The summed E-state index contributed by atoms with van der Waals surface area (Å²) in [7, 11) is 1.61. The summed E-state index contributed by atoms with van der Waals surface area (Å²) in [5, 5.41) is 0. The van der Waals surface area contributed by atoms with Crippen molar-refractivity contribution in [2.45, 2.75) is 26.2 Å². The van der Waals surface area contributed by atoms with Crippen LogP contribution in [-0.4, -0.2) is 13.1 Å². The highest BCUT2D eigenvalue weighted by molar-refractivity contribution is 14.1.